The number of nitro benzene ring substituents is 1. The van der Waals surface area contributed by atoms with Gasteiger partial charge < -0.3 is 4.57 Å². The standard InChI is InChI=1S/C14H9ClN2O2/c15-11-5-6-13(14(9-11)17(18)19)16-8-7-10-3-1-2-4-12(10)16/h1-9H. The van der Waals surface area contributed by atoms with Crippen LogP contribution in [0.5, 0.6) is 0 Å². The lowest BCUT2D eigenvalue weighted by atomic mass is 10.2. The first-order valence-corrected chi connectivity index (χ1v) is 6.05. The van der Waals surface area contributed by atoms with Crippen molar-refractivity contribution in [3.05, 3.63) is 69.9 Å². The summed E-state index contributed by atoms with van der Waals surface area (Å²) < 4.78 is 1.80. The summed E-state index contributed by atoms with van der Waals surface area (Å²) in [4.78, 5) is 10.7. The third-order valence-corrected chi connectivity index (χ3v) is 3.23. The van der Waals surface area contributed by atoms with Crippen molar-refractivity contribution in [2.45, 2.75) is 0 Å². The van der Waals surface area contributed by atoms with E-state index in [2.05, 4.69) is 0 Å². The van der Waals surface area contributed by atoms with E-state index in [1.54, 1.807) is 16.7 Å². The minimum atomic E-state index is -0.421. The van der Waals surface area contributed by atoms with E-state index in [0.717, 1.165) is 10.9 Å². The number of halogens is 1. The molecule has 0 fully saturated rings. The zero-order valence-electron chi connectivity index (χ0n) is 9.79. The van der Waals surface area contributed by atoms with Gasteiger partial charge in [0.15, 0.2) is 0 Å². The molecule has 0 unspecified atom stereocenters. The van der Waals surface area contributed by atoms with Crippen LogP contribution in [-0.2, 0) is 0 Å². The highest BCUT2D eigenvalue weighted by Crippen LogP contribution is 2.29. The van der Waals surface area contributed by atoms with E-state index in [-0.39, 0.29) is 5.69 Å². The van der Waals surface area contributed by atoms with E-state index in [1.165, 1.54) is 6.07 Å². The van der Waals surface area contributed by atoms with Crippen LogP contribution < -0.4 is 0 Å². The van der Waals surface area contributed by atoms with Crippen LogP contribution in [0.25, 0.3) is 16.6 Å². The second kappa shape index (κ2) is 4.40. The normalized spacial score (nSPS) is 10.8. The average molecular weight is 273 g/mol. The molecule has 0 radical (unpaired) electrons. The fraction of sp³-hybridized carbons (Fsp3) is 0. The Morgan fingerprint density at radius 1 is 1.11 bits per heavy atom. The van der Waals surface area contributed by atoms with E-state index >= 15 is 0 Å². The molecular weight excluding hydrogens is 264 g/mol. The predicted octanol–water partition coefficient (Wildman–Crippen LogP) is 4.19. The second-order valence-electron chi connectivity index (χ2n) is 4.13. The Bertz CT molecular complexity index is 780. The number of nitrogens with zero attached hydrogens (tertiary/aromatic N) is 2. The molecule has 4 nitrogen and oxygen atoms in total. The molecule has 0 atom stereocenters. The lowest BCUT2D eigenvalue weighted by Gasteiger charge is -2.06. The first-order chi connectivity index (χ1) is 9.16. The monoisotopic (exact) mass is 272 g/mol. The van der Waals surface area contributed by atoms with E-state index in [9.17, 15) is 10.1 Å². The summed E-state index contributed by atoms with van der Waals surface area (Å²) in [6.45, 7) is 0. The Kier molecular flexibility index (Phi) is 2.72. The van der Waals surface area contributed by atoms with Crippen molar-refractivity contribution in [2.75, 3.05) is 0 Å². The van der Waals surface area contributed by atoms with Crippen molar-refractivity contribution in [2.24, 2.45) is 0 Å². The third kappa shape index (κ3) is 1.96. The average Bonchev–Trinajstić information content (AvgIpc) is 2.82. The molecule has 3 rings (SSSR count). The molecule has 0 amide bonds. The number of nitro groups is 1. The van der Waals surface area contributed by atoms with Crippen LogP contribution in [0.15, 0.2) is 54.7 Å². The summed E-state index contributed by atoms with van der Waals surface area (Å²) in [7, 11) is 0. The Labute approximate surface area is 114 Å². The van der Waals surface area contributed by atoms with Gasteiger partial charge in [-0.3, -0.25) is 10.1 Å². The Morgan fingerprint density at radius 3 is 2.68 bits per heavy atom. The molecule has 19 heavy (non-hydrogen) atoms. The van der Waals surface area contributed by atoms with Gasteiger partial charge in [-0.1, -0.05) is 29.8 Å². The van der Waals surface area contributed by atoms with Gasteiger partial charge in [-0.25, -0.2) is 0 Å². The van der Waals surface area contributed by atoms with Crippen LogP contribution >= 0.6 is 11.6 Å². The molecule has 0 saturated carbocycles. The second-order valence-corrected chi connectivity index (χ2v) is 4.57. The maximum atomic E-state index is 11.1. The van der Waals surface area contributed by atoms with E-state index in [0.29, 0.717) is 10.7 Å². The van der Waals surface area contributed by atoms with Gasteiger partial charge >= 0.3 is 0 Å². The highest BCUT2D eigenvalue weighted by molar-refractivity contribution is 6.30. The van der Waals surface area contributed by atoms with Crippen LogP contribution in [-0.4, -0.2) is 9.49 Å². The maximum absolute atomic E-state index is 11.1. The number of benzene rings is 2. The zero-order chi connectivity index (χ0) is 13.4. The van der Waals surface area contributed by atoms with Crippen molar-refractivity contribution < 1.29 is 4.92 Å². The molecule has 0 saturated heterocycles. The summed E-state index contributed by atoms with van der Waals surface area (Å²) in [5.74, 6) is 0. The number of aromatic nitrogens is 1. The molecule has 3 aromatic rings. The molecule has 1 heterocycles. The van der Waals surface area contributed by atoms with E-state index in [1.807, 2.05) is 36.5 Å². The summed E-state index contributed by atoms with van der Waals surface area (Å²) in [5, 5.41) is 12.5. The van der Waals surface area contributed by atoms with E-state index in [4.69, 9.17) is 11.6 Å². The highest BCUT2D eigenvalue weighted by Gasteiger charge is 2.16. The number of hydrogen-bond acceptors (Lipinski definition) is 2. The molecule has 5 heteroatoms. The van der Waals surface area contributed by atoms with Gasteiger partial charge in [-0.05, 0) is 29.7 Å². The highest BCUT2D eigenvalue weighted by atomic mass is 35.5. The molecular formula is C14H9ClN2O2. The summed E-state index contributed by atoms with van der Waals surface area (Å²) >= 11 is 5.83. The van der Waals surface area contributed by atoms with Crippen molar-refractivity contribution in [1.82, 2.24) is 4.57 Å². The number of fused-ring (bicyclic) bond motifs is 1. The Morgan fingerprint density at radius 2 is 1.89 bits per heavy atom. The van der Waals surface area contributed by atoms with E-state index < -0.39 is 4.92 Å². The van der Waals surface area contributed by atoms with Crippen LogP contribution in [0.4, 0.5) is 5.69 Å². The van der Waals surface area contributed by atoms with Crippen molar-refractivity contribution in [3.63, 3.8) is 0 Å². The van der Waals surface area contributed by atoms with Gasteiger partial charge in [0.25, 0.3) is 5.69 Å². The quantitative estimate of drug-likeness (QED) is 0.519. The molecule has 0 aliphatic carbocycles. The van der Waals surface area contributed by atoms with Crippen LogP contribution in [0.3, 0.4) is 0 Å². The topological polar surface area (TPSA) is 48.1 Å². The molecule has 0 N–H and O–H groups in total. The van der Waals surface area contributed by atoms with Crippen molar-refractivity contribution in [3.8, 4) is 5.69 Å². The number of rotatable bonds is 2. The summed E-state index contributed by atoms with van der Waals surface area (Å²) in [6.07, 6.45) is 1.82. The molecule has 1 aromatic heterocycles. The summed E-state index contributed by atoms with van der Waals surface area (Å²) in [6, 6.07) is 14.3. The SMILES string of the molecule is O=[N+]([O-])c1cc(Cl)ccc1-n1ccc2ccccc21. The first-order valence-electron chi connectivity index (χ1n) is 5.67. The fourth-order valence-corrected chi connectivity index (χ4v) is 2.31. The molecule has 2 aromatic carbocycles. The smallest absolute Gasteiger partial charge is 0.294 e. The molecule has 0 spiro atoms. The third-order valence-electron chi connectivity index (χ3n) is 2.99. The number of para-hydroxylation sites is 1. The van der Waals surface area contributed by atoms with Crippen LogP contribution in [0, 0.1) is 10.1 Å². The molecule has 0 bridgehead atoms. The maximum Gasteiger partial charge on any atom is 0.294 e. The lowest BCUT2D eigenvalue weighted by molar-refractivity contribution is -0.384. The minimum Gasteiger partial charge on any atom is -0.311 e. The fourth-order valence-electron chi connectivity index (χ4n) is 2.14. The van der Waals surface area contributed by atoms with Crippen LogP contribution in [0.1, 0.15) is 0 Å². The summed E-state index contributed by atoms with van der Waals surface area (Å²) in [5.41, 5.74) is 1.43. The van der Waals surface area contributed by atoms with Crippen molar-refractivity contribution in [1.29, 1.82) is 0 Å². The van der Waals surface area contributed by atoms with Gasteiger partial charge in [0, 0.05) is 17.3 Å². The van der Waals surface area contributed by atoms with Gasteiger partial charge in [0.1, 0.15) is 5.69 Å². The number of hydrogen-bond donors (Lipinski definition) is 0. The van der Waals surface area contributed by atoms with Gasteiger partial charge in [-0.15, -0.1) is 0 Å². The van der Waals surface area contributed by atoms with Crippen LogP contribution in [0.2, 0.25) is 5.02 Å². The minimum absolute atomic E-state index is 0.00569. The molecule has 0 aliphatic rings. The molecule has 94 valence electrons. The first kappa shape index (κ1) is 11.7. The van der Waals surface area contributed by atoms with Gasteiger partial charge in [0.2, 0.25) is 0 Å². The van der Waals surface area contributed by atoms with Crippen molar-refractivity contribution >= 4 is 28.2 Å². The Balaban J connectivity index is 2.30. The van der Waals surface area contributed by atoms with Gasteiger partial charge in [-0.2, -0.15) is 0 Å². The zero-order valence-corrected chi connectivity index (χ0v) is 10.5. The Hall–Kier alpha value is -2.33. The predicted molar refractivity (Wildman–Crippen MR) is 74.9 cm³/mol. The lowest BCUT2D eigenvalue weighted by Crippen LogP contribution is -1.98. The molecule has 0 aliphatic heterocycles. The van der Waals surface area contributed by atoms with Gasteiger partial charge in [0.05, 0.1) is 10.4 Å². The largest absolute Gasteiger partial charge is 0.311 e.